The smallest absolute Gasteiger partial charge is 0.407 e. The molecule has 1 aromatic rings. The highest BCUT2D eigenvalue weighted by Gasteiger charge is 2.15. The predicted octanol–water partition coefficient (Wildman–Crippen LogP) is 3.17. The van der Waals surface area contributed by atoms with Gasteiger partial charge in [0.05, 0.1) is 4.47 Å². The Balaban J connectivity index is 2.24. The summed E-state index contributed by atoms with van der Waals surface area (Å²) < 4.78 is 19.1. The van der Waals surface area contributed by atoms with Crippen molar-refractivity contribution in [2.24, 2.45) is 4.99 Å². The molecule has 0 atom stereocenters. The summed E-state index contributed by atoms with van der Waals surface area (Å²) in [5.41, 5.74) is 0.316. The molecule has 0 aliphatic heterocycles. The quantitative estimate of drug-likeness (QED) is 0.378. The van der Waals surface area contributed by atoms with Gasteiger partial charge in [-0.15, -0.1) is 0 Å². The van der Waals surface area contributed by atoms with Crippen molar-refractivity contribution in [3.63, 3.8) is 0 Å². The van der Waals surface area contributed by atoms with Crippen LogP contribution in [-0.2, 0) is 11.3 Å². The molecule has 3 N–H and O–H groups in total. The lowest BCUT2D eigenvalue weighted by Crippen LogP contribution is -2.39. The predicted molar refractivity (Wildman–Crippen MR) is 101 cm³/mol. The van der Waals surface area contributed by atoms with Gasteiger partial charge in [0.1, 0.15) is 11.4 Å². The molecule has 8 heteroatoms. The Labute approximate surface area is 156 Å². The number of alkyl carbamates (subject to hydrolysis) is 1. The molecule has 0 saturated heterocycles. The van der Waals surface area contributed by atoms with Crippen LogP contribution in [0, 0.1) is 5.82 Å². The number of carbonyl (C=O) groups is 1. The average Bonchev–Trinajstić information content (AvgIpc) is 2.51. The Morgan fingerprint density at radius 3 is 2.52 bits per heavy atom. The summed E-state index contributed by atoms with van der Waals surface area (Å²) in [6, 6.07) is 4.97. The van der Waals surface area contributed by atoms with Crippen LogP contribution >= 0.6 is 15.9 Å². The van der Waals surface area contributed by atoms with E-state index in [4.69, 9.17) is 4.74 Å². The maximum absolute atomic E-state index is 13.5. The summed E-state index contributed by atoms with van der Waals surface area (Å²) in [4.78, 5) is 15.6. The minimum absolute atomic E-state index is 0.296. The number of halogens is 2. The number of nitrogens with one attached hydrogen (secondary N) is 3. The number of rotatable bonds is 6. The van der Waals surface area contributed by atoms with Crippen LogP contribution in [0.3, 0.4) is 0 Å². The lowest BCUT2D eigenvalue weighted by molar-refractivity contribution is 0.0527. The zero-order valence-electron chi connectivity index (χ0n) is 15.1. The van der Waals surface area contributed by atoms with Gasteiger partial charge < -0.3 is 20.7 Å². The minimum Gasteiger partial charge on any atom is -0.444 e. The van der Waals surface area contributed by atoms with Gasteiger partial charge >= 0.3 is 6.09 Å². The molecule has 0 aromatic heterocycles. The van der Waals surface area contributed by atoms with Gasteiger partial charge in [0.2, 0.25) is 0 Å². The summed E-state index contributed by atoms with van der Waals surface area (Å²) >= 11 is 3.13. The van der Waals surface area contributed by atoms with E-state index in [0.717, 1.165) is 5.56 Å². The van der Waals surface area contributed by atoms with Crippen LogP contribution in [0.5, 0.6) is 0 Å². The topological polar surface area (TPSA) is 74.8 Å². The number of amides is 1. The first-order chi connectivity index (χ1) is 11.7. The summed E-state index contributed by atoms with van der Waals surface area (Å²) in [7, 11) is 1.66. The molecule has 1 amide bonds. The molecule has 0 saturated carbocycles. The van der Waals surface area contributed by atoms with E-state index in [-0.39, 0.29) is 5.82 Å². The van der Waals surface area contributed by atoms with Crippen LogP contribution in [0.2, 0.25) is 0 Å². The molecule has 1 aromatic carbocycles. The first-order valence-corrected chi connectivity index (χ1v) is 8.86. The molecular weight excluding hydrogens is 391 g/mol. The third-order valence-corrected chi connectivity index (χ3v) is 3.62. The van der Waals surface area contributed by atoms with Gasteiger partial charge in [0.25, 0.3) is 0 Å². The van der Waals surface area contributed by atoms with Crippen LogP contribution in [0.1, 0.15) is 32.8 Å². The molecule has 0 heterocycles. The van der Waals surface area contributed by atoms with Crippen LogP contribution in [0.4, 0.5) is 9.18 Å². The van der Waals surface area contributed by atoms with Crippen molar-refractivity contribution >= 4 is 28.0 Å². The Morgan fingerprint density at radius 1 is 1.24 bits per heavy atom. The van der Waals surface area contributed by atoms with Crippen LogP contribution < -0.4 is 16.0 Å². The first-order valence-electron chi connectivity index (χ1n) is 8.06. The Bertz CT molecular complexity index is 603. The zero-order chi connectivity index (χ0) is 18.9. The van der Waals surface area contributed by atoms with Crippen molar-refractivity contribution in [1.82, 2.24) is 16.0 Å². The number of guanidine groups is 1. The molecule has 0 fully saturated rings. The second-order valence-corrected chi connectivity index (χ2v) is 7.24. The van der Waals surface area contributed by atoms with E-state index in [1.807, 2.05) is 26.8 Å². The van der Waals surface area contributed by atoms with Gasteiger partial charge in [-0.25, -0.2) is 9.18 Å². The fourth-order valence-corrected chi connectivity index (χ4v) is 2.10. The monoisotopic (exact) mass is 416 g/mol. The normalized spacial score (nSPS) is 11.8. The van der Waals surface area contributed by atoms with Gasteiger partial charge in [0, 0.05) is 26.7 Å². The highest BCUT2D eigenvalue weighted by atomic mass is 79.9. The summed E-state index contributed by atoms with van der Waals surface area (Å²) in [6.07, 6.45) is 0.291. The van der Waals surface area contributed by atoms with Gasteiger partial charge in [-0.2, -0.15) is 0 Å². The number of benzene rings is 1. The molecule has 0 spiro atoms. The van der Waals surface area contributed by atoms with E-state index in [9.17, 15) is 9.18 Å². The van der Waals surface area contributed by atoms with E-state index < -0.39 is 11.7 Å². The Morgan fingerprint density at radius 2 is 1.92 bits per heavy atom. The molecule has 0 bridgehead atoms. The molecule has 0 aliphatic carbocycles. The van der Waals surface area contributed by atoms with E-state index in [0.29, 0.717) is 36.5 Å². The average molecular weight is 417 g/mol. The summed E-state index contributed by atoms with van der Waals surface area (Å²) in [6.45, 7) is 7.05. The summed E-state index contributed by atoms with van der Waals surface area (Å²) in [5.74, 6) is 0.316. The number of aliphatic imine (C=N–C) groups is 1. The minimum atomic E-state index is -0.499. The van der Waals surface area contributed by atoms with E-state index in [2.05, 4.69) is 36.9 Å². The van der Waals surface area contributed by atoms with Crippen molar-refractivity contribution in [2.75, 3.05) is 20.1 Å². The SMILES string of the molecule is CN=C(NCCCNC(=O)OC(C)(C)C)NCc1ccc(Br)c(F)c1. The molecular formula is C17H26BrFN4O2. The van der Waals surface area contributed by atoms with Crippen molar-refractivity contribution in [3.8, 4) is 0 Å². The van der Waals surface area contributed by atoms with Crippen LogP contribution in [0.15, 0.2) is 27.7 Å². The maximum atomic E-state index is 13.5. The van der Waals surface area contributed by atoms with Gasteiger partial charge in [-0.05, 0) is 60.8 Å². The van der Waals surface area contributed by atoms with Crippen molar-refractivity contribution < 1.29 is 13.9 Å². The first kappa shape index (κ1) is 21.2. The maximum Gasteiger partial charge on any atom is 0.407 e. The van der Waals surface area contributed by atoms with Crippen molar-refractivity contribution in [3.05, 3.63) is 34.1 Å². The largest absolute Gasteiger partial charge is 0.444 e. The van der Waals surface area contributed by atoms with E-state index in [1.165, 1.54) is 6.07 Å². The molecule has 0 unspecified atom stereocenters. The number of carbonyl (C=O) groups excluding carboxylic acids is 1. The molecule has 0 radical (unpaired) electrons. The second-order valence-electron chi connectivity index (χ2n) is 6.38. The molecule has 25 heavy (non-hydrogen) atoms. The number of ether oxygens (including phenoxy) is 1. The number of nitrogens with zero attached hydrogens (tertiary/aromatic N) is 1. The molecule has 6 nitrogen and oxygen atoms in total. The summed E-state index contributed by atoms with van der Waals surface area (Å²) in [5, 5.41) is 8.93. The van der Waals surface area contributed by atoms with E-state index >= 15 is 0 Å². The third kappa shape index (κ3) is 9.28. The number of hydrogen-bond donors (Lipinski definition) is 3. The molecule has 140 valence electrons. The van der Waals surface area contributed by atoms with Crippen LogP contribution in [-0.4, -0.2) is 37.8 Å². The van der Waals surface area contributed by atoms with Crippen LogP contribution in [0.25, 0.3) is 0 Å². The lowest BCUT2D eigenvalue weighted by atomic mass is 10.2. The number of hydrogen-bond acceptors (Lipinski definition) is 3. The van der Waals surface area contributed by atoms with Gasteiger partial charge in [-0.1, -0.05) is 6.07 Å². The van der Waals surface area contributed by atoms with Gasteiger partial charge in [0.15, 0.2) is 5.96 Å². The molecule has 0 aliphatic rings. The zero-order valence-corrected chi connectivity index (χ0v) is 16.7. The highest BCUT2D eigenvalue weighted by Crippen LogP contribution is 2.16. The Hall–Kier alpha value is -1.83. The van der Waals surface area contributed by atoms with Crippen molar-refractivity contribution in [2.45, 2.75) is 39.3 Å². The van der Waals surface area contributed by atoms with Crippen molar-refractivity contribution in [1.29, 1.82) is 0 Å². The fourth-order valence-electron chi connectivity index (χ4n) is 1.86. The second kappa shape index (κ2) is 10.2. The standard InChI is InChI=1S/C17H26BrFN4O2/c1-17(2,3)25-16(24)22-9-5-8-21-15(20-4)23-11-12-6-7-13(18)14(19)10-12/h6-7,10H,5,8-9,11H2,1-4H3,(H,22,24)(H2,20,21,23). The lowest BCUT2D eigenvalue weighted by Gasteiger charge is -2.19. The Kier molecular flexibility index (Phi) is 8.68. The third-order valence-electron chi connectivity index (χ3n) is 2.98. The van der Waals surface area contributed by atoms with Gasteiger partial charge in [-0.3, -0.25) is 4.99 Å². The fraction of sp³-hybridized carbons (Fsp3) is 0.529. The van der Waals surface area contributed by atoms with E-state index in [1.54, 1.807) is 13.1 Å². The highest BCUT2D eigenvalue weighted by molar-refractivity contribution is 9.10. The molecule has 1 rings (SSSR count).